The van der Waals surface area contributed by atoms with E-state index in [9.17, 15) is 19.2 Å². The van der Waals surface area contributed by atoms with Crippen molar-refractivity contribution in [2.24, 2.45) is 0 Å². The molecule has 1 aliphatic heterocycles. The first kappa shape index (κ1) is 19.5. The monoisotopic (exact) mass is 403 g/mol. The van der Waals surface area contributed by atoms with Gasteiger partial charge in [0.05, 0.1) is 30.2 Å². The van der Waals surface area contributed by atoms with E-state index in [1.807, 2.05) is 17.4 Å². The summed E-state index contributed by atoms with van der Waals surface area (Å²) in [5.41, 5.74) is 0.696. The van der Waals surface area contributed by atoms with Crippen molar-refractivity contribution in [2.45, 2.75) is 23.1 Å². The lowest BCUT2D eigenvalue weighted by molar-refractivity contribution is -0.148. The maximum atomic E-state index is 12.1. The third-order valence-corrected chi connectivity index (χ3v) is 4.95. The molecule has 2 heterocycles. The molecular weight excluding hydrogens is 386 g/mol. The molecule has 4 amide bonds. The third kappa shape index (κ3) is 5.36. The van der Waals surface area contributed by atoms with E-state index in [0.29, 0.717) is 11.4 Å². The number of carbonyl (C=O) groups excluding carboxylic acids is 4. The van der Waals surface area contributed by atoms with Crippen LogP contribution in [0.1, 0.15) is 12.2 Å². The van der Waals surface area contributed by atoms with Crippen LogP contribution in [0.15, 0.2) is 52.0 Å². The smallest absolute Gasteiger partial charge is 0.321 e. The van der Waals surface area contributed by atoms with Gasteiger partial charge < -0.3 is 19.8 Å². The Labute approximate surface area is 164 Å². The number of imide groups is 1. The van der Waals surface area contributed by atoms with Crippen LogP contribution in [0, 0.1) is 0 Å². The molecule has 0 radical (unpaired) electrons. The van der Waals surface area contributed by atoms with Crippen LogP contribution in [-0.4, -0.2) is 35.7 Å². The van der Waals surface area contributed by atoms with Crippen LogP contribution < -0.4 is 16.0 Å². The molecule has 1 aliphatic rings. The number of hydrogen-bond acceptors (Lipinski definition) is 7. The van der Waals surface area contributed by atoms with Crippen LogP contribution in [0.2, 0.25) is 0 Å². The molecule has 0 bridgehead atoms. The van der Waals surface area contributed by atoms with Crippen LogP contribution >= 0.6 is 11.8 Å². The van der Waals surface area contributed by atoms with Crippen molar-refractivity contribution in [1.29, 1.82) is 0 Å². The van der Waals surface area contributed by atoms with E-state index >= 15 is 0 Å². The predicted molar refractivity (Wildman–Crippen MR) is 99.4 cm³/mol. The summed E-state index contributed by atoms with van der Waals surface area (Å²) in [4.78, 5) is 48.1. The minimum atomic E-state index is -0.781. The Morgan fingerprint density at radius 2 is 2.00 bits per heavy atom. The van der Waals surface area contributed by atoms with Gasteiger partial charge in [0.25, 0.3) is 5.91 Å². The molecule has 0 unspecified atom stereocenters. The summed E-state index contributed by atoms with van der Waals surface area (Å²) in [6.45, 7) is -0.510. The van der Waals surface area contributed by atoms with Crippen LogP contribution in [0.4, 0.5) is 10.5 Å². The fraction of sp³-hybridized carbons (Fsp3) is 0.222. The van der Waals surface area contributed by atoms with Gasteiger partial charge in [-0.15, -0.1) is 11.8 Å². The number of thioether (sulfide) groups is 1. The second-order valence-corrected chi connectivity index (χ2v) is 7.01. The van der Waals surface area contributed by atoms with Gasteiger partial charge in [-0.05, 0) is 24.3 Å². The van der Waals surface area contributed by atoms with E-state index in [-0.39, 0.29) is 18.9 Å². The van der Waals surface area contributed by atoms with E-state index in [4.69, 9.17) is 9.15 Å². The van der Waals surface area contributed by atoms with Gasteiger partial charge in [-0.3, -0.25) is 19.7 Å². The van der Waals surface area contributed by atoms with Crippen molar-refractivity contribution in [3.05, 3.63) is 48.4 Å². The van der Waals surface area contributed by atoms with E-state index < -0.39 is 29.8 Å². The summed E-state index contributed by atoms with van der Waals surface area (Å²) in [6, 6.07) is 9.85. The van der Waals surface area contributed by atoms with Gasteiger partial charge in [0.1, 0.15) is 5.76 Å². The maximum absolute atomic E-state index is 12.1. The SMILES string of the molecule is O=C(COC(=O)C[C@H]1Sc2ccccc2NC1=O)NC(=O)NCc1ccco1. The first-order chi connectivity index (χ1) is 13.5. The Morgan fingerprint density at radius 3 is 2.79 bits per heavy atom. The van der Waals surface area contributed by atoms with Crippen LogP contribution in [-0.2, 0) is 25.7 Å². The molecule has 9 nitrogen and oxygen atoms in total. The van der Waals surface area contributed by atoms with E-state index in [1.165, 1.54) is 18.0 Å². The standard InChI is InChI=1S/C18H17N3O6S/c22-15(21-18(25)19-9-11-4-3-7-26-11)10-27-16(23)8-14-17(24)20-12-5-1-2-6-13(12)28-14/h1-7,14H,8-10H2,(H,20,24)(H2,19,21,22,25)/t14-/m1/s1. The molecular formula is C18H17N3O6S. The maximum Gasteiger partial charge on any atom is 0.321 e. The lowest BCUT2D eigenvalue weighted by Gasteiger charge is -2.23. The lowest BCUT2D eigenvalue weighted by Crippen LogP contribution is -2.41. The molecule has 0 fully saturated rings. The van der Waals surface area contributed by atoms with Crippen molar-refractivity contribution >= 4 is 41.3 Å². The summed E-state index contributed by atoms with van der Waals surface area (Å²) >= 11 is 1.26. The minimum absolute atomic E-state index is 0.112. The number of rotatable bonds is 6. The van der Waals surface area contributed by atoms with Crippen molar-refractivity contribution in [3.8, 4) is 0 Å². The van der Waals surface area contributed by atoms with Crippen LogP contribution in [0.3, 0.4) is 0 Å². The van der Waals surface area contributed by atoms with Gasteiger partial charge in [-0.2, -0.15) is 0 Å². The van der Waals surface area contributed by atoms with Gasteiger partial charge >= 0.3 is 12.0 Å². The highest BCUT2D eigenvalue weighted by Gasteiger charge is 2.29. The zero-order valence-corrected chi connectivity index (χ0v) is 15.4. The second kappa shape index (κ2) is 9.09. The van der Waals surface area contributed by atoms with Gasteiger partial charge in [-0.1, -0.05) is 12.1 Å². The molecule has 146 valence electrons. The Kier molecular flexibility index (Phi) is 6.33. The molecule has 10 heteroatoms. The first-order valence-electron chi connectivity index (χ1n) is 8.33. The number of nitrogens with one attached hydrogen (secondary N) is 3. The molecule has 0 saturated carbocycles. The Balaban J connectivity index is 1.38. The number of hydrogen-bond donors (Lipinski definition) is 3. The number of benzene rings is 1. The summed E-state index contributed by atoms with van der Waals surface area (Å²) in [7, 11) is 0. The zero-order valence-electron chi connectivity index (χ0n) is 14.6. The van der Waals surface area contributed by atoms with Gasteiger partial charge in [0, 0.05) is 4.90 Å². The third-order valence-electron chi connectivity index (χ3n) is 3.68. The number of anilines is 1. The summed E-state index contributed by atoms with van der Waals surface area (Å²) < 4.78 is 9.89. The van der Waals surface area contributed by atoms with Crippen molar-refractivity contribution in [2.75, 3.05) is 11.9 Å². The molecule has 0 saturated heterocycles. The fourth-order valence-corrected chi connectivity index (χ4v) is 3.47. The molecule has 0 spiro atoms. The largest absolute Gasteiger partial charge is 0.467 e. The summed E-state index contributed by atoms with van der Waals surface area (Å²) in [5, 5.41) is 6.53. The molecule has 1 aromatic carbocycles. The molecule has 2 aromatic rings. The zero-order chi connectivity index (χ0) is 19.9. The quantitative estimate of drug-likeness (QED) is 0.626. The molecule has 3 rings (SSSR count). The van der Waals surface area contributed by atoms with Gasteiger partial charge in [0.15, 0.2) is 6.61 Å². The highest BCUT2D eigenvalue weighted by atomic mass is 32.2. The van der Waals surface area contributed by atoms with Crippen molar-refractivity contribution < 1.29 is 28.3 Å². The van der Waals surface area contributed by atoms with E-state index in [1.54, 1.807) is 24.3 Å². The van der Waals surface area contributed by atoms with Gasteiger partial charge in [-0.25, -0.2) is 4.79 Å². The normalized spacial score (nSPS) is 15.1. The predicted octanol–water partition coefficient (Wildman–Crippen LogP) is 1.65. The van der Waals surface area contributed by atoms with Crippen molar-refractivity contribution in [1.82, 2.24) is 10.6 Å². The number of fused-ring (bicyclic) bond motifs is 1. The average Bonchev–Trinajstić information content (AvgIpc) is 3.19. The van der Waals surface area contributed by atoms with E-state index in [0.717, 1.165) is 4.90 Å². The second-order valence-electron chi connectivity index (χ2n) is 5.77. The molecule has 1 atom stereocenters. The highest BCUT2D eigenvalue weighted by Crippen LogP contribution is 2.36. The van der Waals surface area contributed by atoms with Crippen LogP contribution in [0.5, 0.6) is 0 Å². The number of ether oxygens (including phenoxy) is 1. The summed E-state index contributed by atoms with van der Waals surface area (Å²) in [5.74, 6) is -1.27. The number of furan rings is 1. The Hall–Kier alpha value is -3.27. The average molecular weight is 403 g/mol. The molecule has 0 aliphatic carbocycles. The fourth-order valence-electron chi connectivity index (χ4n) is 2.37. The molecule has 1 aromatic heterocycles. The number of esters is 1. The van der Waals surface area contributed by atoms with Crippen LogP contribution in [0.25, 0.3) is 0 Å². The number of carbonyl (C=O) groups is 4. The number of para-hydroxylation sites is 1. The Morgan fingerprint density at radius 1 is 1.18 bits per heavy atom. The molecule has 3 N–H and O–H groups in total. The lowest BCUT2D eigenvalue weighted by atomic mass is 10.2. The topological polar surface area (TPSA) is 127 Å². The number of amides is 4. The highest BCUT2D eigenvalue weighted by molar-refractivity contribution is 8.01. The van der Waals surface area contributed by atoms with Crippen molar-refractivity contribution in [3.63, 3.8) is 0 Å². The number of urea groups is 1. The first-order valence-corrected chi connectivity index (χ1v) is 9.21. The van der Waals surface area contributed by atoms with Gasteiger partial charge in [0.2, 0.25) is 5.91 Å². The Bertz CT molecular complexity index is 883. The minimum Gasteiger partial charge on any atom is -0.467 e. The summed E-state index contributed by atoms with van der Waals surface area (Å²) in [6.07, 6.45) is 1.27. The molecule has 28 heavy (non-hydrogen) atoms. The van der Waals surface area contributed by atoms with E-state index in [2.05, 4.69) is 10.6 Å².